The molecular weight excluding hydrogens is 119 g/mol. The summed E-state index contributed by atoms with van der Waals surface area (Å²) in [6.45, 7) is 1.95. The standard InChI is InChI=1S/C6H11FN2/c1-5-4-6(7)9(3)8(5)2/h4-5H,1-3H3. The van der Waals surface area contributed by atoms with Gasteiger partial charge in [-0.05, 0) is 13.0 Å². The van der Waals surface area contributed by atoms with Gasteiger partial charge in [-0.3, -0.25) is 5.01 Å². The van der Waals surface area contributed by atoms with Crippen LogP contribution >= 0.6 is 0 Å². The number of hydrogen-bond donors (Lipinski definition) is 0. The van der Waals surface area contributed by atoms with E-state index in [1.807, 2.05) is 19.0 Å². The van der Waals surface area contributed by atoms with E-state index in [2.05, 4.69) is 0 Å². The Hall–Kier alpha value is -0.570. The van der Waals surface area contributed by atoms with Crippen LogP contribution in [-0.4, -0.2) is 30.2 Å². The Labute approximate surface area is 54.5 Å². The minimum atomic E-state index is -0.162. The summed E-state index contributed by atoms with van der Waals surface area (Å²) in [6.07, 6.45) is 1.58. The van der Waals surface area contributed by atoms with Crippen molar-refractivity contribution in [3.05, 3.63) is 12.0 Å². The lowest BCUT2D eigenvalue weighted by Crippen LogP contribution is -2.34. The molecule has 0 aromatic carbocycles. The van der Waals surface area contributed by atoms with Gasteiger partial charge in [0.2, 0.25) is 5.95 Å². The number of hydrazine groups is 1. The molecule has 0 spiro atoms. The van der Waals surface area contributed by atoms with Gasteiger partial charge >= 0.3 is 0 Å². The van der Waals surface area contributed by atoms with Gasteiger partial charge in [0.25, 0.3) is 0 Å². The zero-order valence-corrected chi connectivity index (χ0v) is 5.93. The molecule has 1 aliphatic heterocycles. The van der Waals surface area contributed by atoms with Crippen molar-refractivity contribution in [2.45, 2.75) is 13.0 Å². The predicted molar refractivity (Wildman–Crippen MR) is 34.2 cm³/mol. The molecule has 0 amide bonds. The normalized spacial score (nSPS) is 29.1. The van der Waals surface area contributed by atoms with Crippen molar-refractivity contribution in [3.8, 4) is 0 Å². The third kappa shape index (κ3) is 0.920. The lowest BCUT2D eigenvalue weighted by Gasteiger charge is -2.24. The topological polar surface area (TPSA) is 6.48 Å². The lowest BCUT2D eigenvalue weighted by atomic mass is 10.3. The first kappa shape index (κ1) is 6.55. The first-order valence-electron chi connectivity index (χ1n) is 2.96. The quantitative estimate of drug-likeness (QED) is 0.451. The van der Waals surface area contributed by atoms with Crippen LogP contribution in [0, 0.1) is 0 Å². The minimum Gasteiger partial charge on any atom is -0.284 e. The van der Waals surface area contributed by atoms with E-state index in [9.17, 15) is 4.39 Å². The maximum Gasteiger partial charge on any atom is 0.201 e. The Balaban J connectivity index is 2.70. The SMILES string of the molecule is CC1C=C(F)N(C)N1C. The highest BCUT2D eigenvalue weighted by Gasteiger charge is 2.21. The van der Waals surface area contributed by atoms with Gasteiger partial charge in [-0.15, -0.1) is 0 Å². The Kier molecular flexibility index (Phi) is 1.45. The van der Waals surface area contributed by atoms with Crippen LogP contribution in [0.4, 0.5) is 4.39 Å². The molecule has 1 atom stereocenters. The molecule has 2 nitrogen and oxygen atoms in total. The third-order valence-corrected chi connectivity index (χ3v) is 1.75. The van der Waals surface area contributed by atoms with Crippen LogP contribution in [0.25, 0.3) is 0 Å². The third-order valence-electron chi connectivity index (χ3n) is 1.75. The molecule has 1 aliphatic rings. The highest BCUT2D eigenvalue weighted by Crippen LogP contribution is 2.18. The fourth-order valence-corrected chi connectivity index (χ4v) is 0.839. The average molecular weight is 130 g/mol. The van der Waals surface area contributed by atoms with Gasteiger partial charge < -0.3 is 0 Å². The summed E-state index contributed by atoms with van der Waals surface area (Å²) in [4.78, 5) is 0. The lowest BCUT2D eigenvalue weighted by molar-refractivity contribution is 0.0475. The van der Waals surface area contributed by atoms with Gasteiger partial charge in [0.15, 0.2) is 0 Å². The summed E-state index contributed by atoms with van der Waals surface area (Å²) in [5.74, 6) is -0.162. The monoisotopic (exact) mass is 130 g/mol. The van der Waals surface area contributed by atoms with Crippen molar-refractivity contribution in [2.24, 2.45) is 0 Å². The Morgan fingerprint density at radius 3 is 2.22 bits per heavy atom. The molecule has 0 aliphatic carbocycles. The van der Waals surface area contributed by atoms with E-state index in [1.165, 1.54) is 5.01 Å². The number of nitrogens with zero attached hydrogens (tertiary/aromatic N) is 2. The van der Waals surface area contributed by atoms with Crippen LogP contribution in [-0.2, 0) is 0 Å². The second kappa shape index (κ2) is 1.99. The summed E-state index contributed by atoms with van der Waals surface area (Å²) in [6, 6.07) is 0.190. The van der Waals surface area contributed by atoms with Crippen molar-refractivity contribution >= 4 is 0 Å². The average Bonchev–Trinajstić information content (AvgIpc) is 1.98. The molecule has 0 saturated carbocycles. The maximum atomic E-state index is 12.6. The van der Waals surface area contributed by atoms with Gasteiger partial charge in [0.1, 0.15) is 0 Å². The molecule has 0 aromatic heterocycles. The number of halogens is 1. The van der Waals surface area contributed by atoms with E-state index < -0.39 is 0 Å². The van der Waals surface area contributed by atoms with E-state index in [1.54, 1.807) is 13.1 Å². The fourth-order valence-electron chi connectivity index (χ4n) is 0.839. The zero-order chi connectivity index (χ0) is 7.02. The highest BCUT2D eigenvalue weighted by atomic mass is 19.1. The Morgan fingerprint density at radius 1 is 1.56 bits per heavy atom. The summed E-state index contributed by atoms with van der Waals surface area (Å²) in [5, 5.41) is 3.32. The predicted octanol–water partition coefficient (Wildman–Crippen LogP) is 0.978. The number of rotatable bonds is 0. The van der Waals surface area contributed by atoms with Crippen LogP contribution in [0.5, 0.6) is 0 Å². The smallest absolute Gasteiger partial charge is 0.201 e. The molecule has 52 valence electrons. The molecule has 0 fully saturated rings. The van der Waals surface area contributed by atoms with Gasteiger partial charge in [0.05, 0.1) is 0 Å². The molecule has 3 heteroatoms. The van der Waals surface area contributed by atoms with Gasteiger partial charge in [0, 0.05) is 20.1 Å². The molecule has 0 N–H and O–H groups in total. The van der Waals surface area contributed by atoms with E-state index in [0.29, 0.717) is 0 Å². The highest BCUT2D eigenvalue weighted by molar-refractivity contribution is 5.02. The summed E-state index contributed by atoms with van der Waals surface area (Å²) in [7, 11) is 3.56. The van der Waals surface area contributed by atoms with Crippen molar-refractivity contribution in [2.75, 3.05) is 14.1 Å². The van der Waals surface area contributed by atoms with Gasteiger partial charge in [-0.25, -0.2) is 5.01 Å². The van der Waals surface area contributed by atoms with E-state index in [0.717, 1.165) is 0 Å². The van der Waals surface area contributed by atoms with E-state index in [-0.39, 0.29) is 12.0 Å². The first-order valence-corrected chi connectivity index (χ1v) is 2.96. The van der Waals surface area contributed by atoms with E-state index in [4.69, 9.17) is 0 Å². The molecule has 0 radical (unpaired) electrons. The summed E-state index contributed by atoms with van der Waals surface area (Å²) in [5.41, 5.74) is 0. The number of likely N-dealkylation sites (N-methyl/N-ethyl adjacent to an activating group) is 1. The molecule has 9 heavy (non-hydrogen) atoms. The van der Waals surface area contributed by atoms with Gasteiger partial charge in [-0.2, -0.15) is 4.39 Å². The summed E-state index contributed by atoms with van der Waals surface area (Å²) < 4.78 is 12.6. The molecule has 1 rings (SSSR count). The summed E-state index contributed by atoms with van der Waals surface area (Å²) >= 11 is 0. The van der Waals surface area contributed by atoms with Crippen molar-refractivity contribution in [1.82, 2.24) is 10.0 Å². The molecule has 0 bridgehead atoms. The first-order chi connectivity index (χ1) is 4.13. The Morgan fingerprint density at radius 2 is 2.11 bits per heavy atom. The van der Waals surface area contributed by atoms with Gasteiger partial charge in [-0.1, -0.05) is 0 Å². The van der Waals surface area contributed by atoms with Crippen molar-refractivity contribution in [1.29, 1.82) is 0 Å². The Bertz CT molecular complexity index is 144. The van der Waals surface area contributed by atoms with Crippen LogP contribution in [0.2, 0.25) is 0 Å². The largest absolute Gasteiger partial charge is 0.284 e. The minimum absolute atomic E-state index is 0.162. The van der Waals surface area contributed by atoms with Crippen molar-refractivity contribution in [3.63, 3.8) is 0 Å². The molecule has 0 aromatic rings. The molecule has 1 heterocycles. The second-order valence-corrected chi connectivity index (χ2v) is 2.33. The van der Waals surface area contributed by atoms with Crippen molar-refractivity contribution < 1.29 is 4.39 Å². The van der Waals surface area contributed by atoms with Crippen LogP contribution in [0.3, 0.4) is 0 Å². The maximum absolute atomic E-state index is 12.6. The fraction of sp³-hybridized carbons (Fsp3) is 0.667. The molecular formula is C6H11FN2. The van der Waals surface area contributed by atoms with Crippen LogP contribution in [0.1, 0.15) is 6.92 Å². The number of hydrogen-bond acceptors (Lipinski definition) is 2. The zero-order valence-electron chi connectivity index (χ0n) is 5.93. The molecule has 0 saturated heterocycles. The second-order valence-electron chi connectivity index (χ2n) is 2.33. The van der Waals surface area contributed by atoms with Crippen LogP contribution in [0.15, 0.2) is 12.0 Å². The molecule has 1 unspecified atom stereocenters. The van der Waals surface area contributed by atoms with E-state index >= 15 is 0 Å². The van der Waals surface area contributed by atoms with Crippen LogP contribution < -0.4 is 0 Å².